The van der Waals surface area contributed by atoms with Gasteiger partial charge in [-0.25, -0.2) is 0 Å². The van der Waals surface area contributed by atoms with Gasteiger partial charge in [0.2, 0.25) is 0 Å². The van der Waals surface area contributed by atoms with Gasteiger partial charge in [0.05, 0.1) is 33.0 Å². The molecule has 5 N–H and O–H groups in total. The summed E-state index contributed by atoms with van der Waals surface area (Å²) >= 11 is 0. The fourth-order valence-electron chi connectivity index (χ4n) is 7.76. The van der Waals surface area contributed by atoms with Crippen LogP contribution in [0.15, 0.2) is 78.9 Å². The molecule has 266 valence electrons. The Balaban J connectivity index is 1.28. The first kappa shape index (κ1) is 34.3. The molecule has 0 fully saturated rings. The summed E-state index contributed by atoms with van der Waals surface area (Å²) in [5.74, 6) is 1.20. The van der Waals surface area contributed by atoms with Gasteiger partial charge in [-0.15, -0.1) is 0 Å². The number of hydrogen-bond donors (Lipinski definition) is 5. The van der Waals surface area contributed by atoms with Crippen LogP contribution in [0.5, 0.6) is 40.2 Å². The van der Waals surface area contributed by atoms with E-state index in [2.05, 4.69) is 0 Å². The van der Waals surface area contributed by atoms with Crippen LogP contribution >= 0.6 is 0 Å². The van der Waals surface area contributed by atoms with Gasteiger partial charge >= 0.3 is 0 Å². The fourth-order valence-corrected chi connectivity index (χ4v) is 7.76. The summed E-state index contributed by atoms with van der Waals surface area (Å²) in [5, 5.41) is 56.6. The smallest absolute Gasteiger partial charge is 0.133 e. The number of methoxy groups -OCH3 is 3. The molecule has 2 aliphatic heterocycles. The highest BCUT2D eigenvalue weighted by atomic mass is 16.5. The zero-order chi connectivity index (χ0) is 35.8. The van der Waals surface area contributed by atoms with Gasteiger partial charge in [-0.2, -0.15) is 0 Å². The van der Waals surface area contributed by atoms with Crippen molar-refractivity contribution in [2.75, 3.05) is 34.5 Å². The van der Waals surface area contributed by atoms with Crippen molar-refractivity contribution in [2.45, 2.75) is 37.6 Å². The van der Waals surface area contributed by atoms with E-state index in [4.69, 9.17) is 23.7 Å². The lowest BCUT2D eigenvalue weighted by atomic mass is 9.72. The zero-order valence-corrected chi connectivity index (χ0v) is 28.7. The maximum absolute atomic E-state index is 12.2. The lowest BCUT2D eigenvalue weighted by Gasteiger charge is -2.45. The first-order valence-electron chi connectivity index (χ1n) is 17.0. The first-order chi connectivity index (χ1) is 24.7. The lowest BCUT2D eigenvalue weighted by molar-refractivity contribution is -0.0883. The molecule has 0 saturated carbocycles. The van der Waals surface area contributed by atoms with Gasteiger partial charge in [-0.1, -0.05) is 18.2 Å². The second kappa shape index (κ2) is 14.2. The van der Waals surface area contributed by atoms with E-state index in [0.717, 1.165) is 22.3 Å². The minimum absolute atomic E-state index is 0.0854. The van der Waals surface area contributed by atoms with Crippen LogP contribution in [0.2, 0.25) is 0 Å². The van der Waals surface area contributed by atoms with E-state index in [1.165, 1.54) is 7.11 Å². The molecule has 2 heterocycles. The Hall–Kier alpha value is -5.16. The second-order valence-electron chi connectivity index (χ2n) is 13.2. The Kier molecular flexibility index (Phi) is 9.56. The van der Waals surface area contributed by atoms with Crippen molar-refractivity contribution < 1.29 is 49.2 Å². The van der Waals surface area contributed by atoms with E-state index in [1.54, 1.807) is 74.9 Å². The van der Waals surface area contributed by atoms with Crippen molar-refractivity contribution in [3.05, 3.63) is 101 Å². The van der Waals surface area contributed by atoms with E-state index in [-0.39, 0.29) is 23.9 Å². The Morgan fingerprint density at radius 2 is 1.49 bits per heavy atom. The number of hydrogen-bond acceptors (Lipinski definition) is 10. The SMILES string of the molecule is COCCC[C@H]1Oc2c(cc(OC)c3cc(O)ccc23)[C@H](O)[C@@H]1[C@H]1COc2c(Cc3cc(O)ccc3-c3cccc(O)c3)cc(OC)cc2[C@H]1O. The van der Waals surface area contributed by atoms with Gasteiger partial charge < -0.3 is 49.2 Å². The molecular weight excluding hydrogens is 652 g/mol. The summed E-state index contributed by atoms with van der Waals surface area (Å²) in [7, 11) is 4.74. The Bertz CT molecular complexity index is 2060. The van der Waals surface area contributed by atoms with E-state index in [0.29, 0.717) is 70.8 Å². The summed E-state index contributed by atoms with van der Waals surface area (Å²) in [5.41, 5.74) is 4.21. The molecule has 0 aliphatic carbocycles. The van der Waals surface area contributed by atoms with Gasteiger partial charge in [0.15, 0.2) is 0 Å². The minimum atomic E-state index is -1.05. The third-order valence-electron chi connectivity index (χ3n) is 10.2. The van der Waals surface area contributed by atoms with Crippen LogP contribution in [-0.2, 0) is 11.2 Å². The average Bonchev–Trinajstić information content (AvgIpc) is 3.12. The van der Waals surface area contributed by atoms with Gasteiger partial charge in [0, 0.05) is 59.4 Å². The second-order valence-corrected chi connectivity index (χ2v) is 13.2. The Labute approximate surface area is 296 Å². The minimum Gasteiger partial charge on any atom is -0.508 e. The molecule has 10 heteroatoms. The van der Waals surface area contributed by atoms with E-state index >= 15 is 0 Å². The van der Waals surface area contributed by atoms with Gasteiger partial charge in [0.1, 0.15) is 46.4 Å². The van der Waals surface area contributed by atoms with Crippen LogP contribution in [0.1, 0.15) is 47.3 Å². The highest BCUT2D eigenvalue weighted by Gasteiger charge is 2.48. The number of ether oxygens (including phenoxy) is 5. The maximum atomic E-state index is 12.2. The molecule has 5 atom stereocenters. The number of rotatable bonds is 10. The maximum Gasteiger partial charge on any atom is 0.133 e. The van der Waals surface area contributed by atoms with E-state index in [1.807, 2.05) is 18.2 Å². The molecule has 0 spiro atoms. The fraction of sp³-hybridized carbons (Fsp3) is 0.317. The normalized spacial score (nSPS) is 20.9. The molecule has 5 aromatic carbocycles. The van der Waals surface area contributed by atoms with E-state index in [9.17, 15) is 25.5 Å². The molecule has 0 aromatic heterocycles. The van der Waals surface area contributed by atoms with E-state index < -0.39 is 30.1 Å². The number of phenols is 3. The van der Waals surface area contributed by atoms with Crippen molar-refractivity contribution in [3.63, 3.8) is 0 Å². The van der Waals surface area contributed by atoms with Crippen molar-refractivity contribution in [2.24, 2.45) is 11.8 Å². The van der Waals surface area contributed by atoms with Crippen LogP contribution < -0.4 is 18.9 Å². The Morgan fingerprint density at radius 1 is 0.725 bits per heavy atom. The molecule has 5 aromatic rings. The molecule has 0 amide bonds. The molecule has 0 unspecified atom stereocenters. The van der Waals surface area contributed by atoms with Crippen LogP contribution in [0.4, 0.5) is 0 Å². The summed E-state index contributed by atoms with van der Waals surface area (Å²) in [6.45, 7) is 0.603. The van der Waals surface area contributed by atoms with Crippen LogP contribution in [0.3, 0.4) is 0 Å². The highest BCUT2D eigenvalue weighted by molar-refractivity contribution is 5.96. The molecule has 0 saturated heterocycles. The number of aromatic hydroxyl groups is 3. The number of aliphatic hydroxyl groups is 2. The van der Waals surface area contributed by atoms with Crippen molar-refractivity contribution in [1.29, 1.82) is 0 Å². The predicted octanol–water partition coefficient (Wildman–Crippen LogP) is 6.81. The van der Waals surface area contributed by atoms with Crippen molar-refractivity contribution in [3.8, 4) is 51.4 Å². The monoisotopic (exact) mass is 694 g/mol. The molecular formula is C41H42O10. The Morgan fingerprint density at radius 3 is 2.25 bits per heavy atom. The van der Waals surface area contributed by atoms with Gasteiger partial charge in [0.25, 0.3) is 0 Å². The number of benzene rings is 5. The third kappa shape index (κ3) is 6.46. The van der Waals surface area contributed by atoms with Gasteiger partial charge in [-0.3, -0.25) is 0 Å². The lowest BCUT2D eigenvalue weighted by Crippen LogP contribution is -2.46. The molecule has 0 radical (unpaired) electrons. The van der Waals surface area contributed by atoms with Crippen molar-refractivity contribution in [1.82, 2.24) is 0 Å². The molecule has 10 nitrogen and oxygen atoms in total. The number of fused-ring (bicyclic) bond motifs is 4. The summed E-state index contributed by atoms with van der Waals surface area (Å²) < 4.78 is 30.0. The standard InChI is InChI=1S/C41H42O10/c1-47-13-5-8-35-37(39(46)33-20-36(49-3)31-18-27(44)10-12-30(31)41(33)51-35)34-21-50-40-24(17-28(48-2)19-32(40)38(34)45)14-23-16-26(43)9-11-29(23)22-6-4-7-25(42)15-22/h4,6-7,9-12,15-20,34-35,37-39,42-46H,5,8,13-14,21H2,1-3H3/t34-,35-,37-,38-,39+/m1/s1. The van der Waals surface area contributed by atoms with Crippen LogP contribution in [-0.4, -0.2) is 66.2 Å². The molecule has 7 rings (SSSR count). The molecule has 0 bridgehead atoms. The predicted molar refractivity (Wildman–Crippen MR) is 191 cm³/mol. The van der Waals surface area contributed by atoms with Crippen LogP contribution in [0, 0.1) is 11.8 Å². The quantitative estimate of drug-likeness (QED) is 0.0988. The van der Waals surface area contributed by atoms with Crippen LogP contribution in [0.25, 0.3) is 21.9 Å². The molecule has 51 heavy (non-hydrogen) atoms. The largest absolute Gasteiger partial charge is 0.508 e. The topological polar surface area (TPSA) is 147 Å². The summed E-state index contributed by atoms with van der Waals surface area (Å²) in [6.07, 6.45) is -1.04. The highest BCUT2D eigenvalue weighted by Crippen LogP contribution is 2.53. The third-order valence-corrected chi connectivity index (χ3v) is 10.2. The van der Waals surface area contributed by atoms with Gasteiger partial charge in [-0.05, 0) is 90.2 Å². The summed E-state index contributed by atoms with van der Waals surface area (Å²) in [4.78, 5) is 0. The zero-order valence-electron chi connectivity index (χ0n) is 28.7. The first-order valence-corrected chi connectivity index (χ1v) is 17.0. The number of phenolic OH excluding ortho intramolecular Hbond substituents is 3. The van der Waals surface area contributed by atoms with Crippen molar-refractivity contribution >= 4 is 10.8 Å². The number of aliphatic hydroxyl groups excluding tert-OH is 2. The average molecular weight is 695 g/mol. The summed E-state index contributed by atoms with van der Waals surface area (Å²) in [6, 6.07) is 22.3. The molecule has 2 aliphatic rings.